The molecule has 1 unspecified atom stereocenters. The standard InChI is InChI=1S/C18H25N5.HI/c1-2-19-18(20-11-14-23-12-6-10-21-23)22-13-9-17(15-22)16-7-4-3-5-8-16;/h3-8,10,12,17H,2,9,11,13-15H2,1H3,(H,19,20);1H. The summed E-state index contributed by atoms with van der Waals surface area (Å²) in [7, 11) is 0. The van der Waals surface area contributed by atoms with E-state index in [1.165, 1.54) is 12.0 Å². The summed E-state index contributed by atoms with van der Waals surface area (Å²) in [6.45, 7) is 6.68. The van der Waals surface area contributed by atoms with Crippen LogP contribution in [0.1, 0.15) is 24.8 Å². The lowest BCUT2D eigenvalue weighted by atomic mass is 9.99. The third kappa shape index (κ3) is 4.96. The van der Waals surface area contributed by atoms with Gasteiger partial charge in [0, 0.05) is 37.9 Å². The van der Waals surface area contributed by atoms with E-state index in [0.29, 0.717) is 5.92 Å². The lowest BCUT2D eigenvalue weighted by Gasteiger charge is -2.21. The number of halogens is 1. The van der Waals surface area contributed by atoms with Crippen molar-refractivity contribution < 1.29 is 0 Å². The Morgan fingerprint density at radius 2 is 2.12 bits per heavy atom. The molecular weight excluding hydrogens is 413 g/mol. The van der Waals surface area contributed by atoms with Gasteiger partial charge in [0.05, 0.1) is 13.1 Å². The quantitative estimate of drug-likeness (QED) is 0.443. The second-order valence-electron chi connectivity index (χ2n) is 5.85. The van der Waals surface area contributed by atoms with Crippen LogP contribution < -0.4 is 5.32 Å². The van der Waals surface area contributed by atoms with E-state index >= 15 is 0 Å². The smallest absolute Gasteiger partial charge is 0.193 e. The van der Waals surface area contributed by atoms with Crippen LogP contribution in [-0.4, -0.2) is 46.8 Å². The number of hydrogen-bond donors (Lipinski definition) is 1. The van der Waals surface area contributed by atoms with Crippen molar-refractivity contribution in [3.05, 3.63) is 54.4 Å². The molecule has 1 aromatic heterocycles. The summed E-state index contributed by atoms with van der Waals surface area (Å²) in [6, 6.07) is 12.7. The fraction of sp³-hybridized carbons (Fsp3) is 0.444. The SMILES string of the molecule is CCNC(=NCCn1cccn1)N1CCC(c2ccccc2)C1.I. The molecule has 0 saturated carbocycles. The van der Waals surface area contributed by atoms with Crippen molar-refractivity contribution in [3.8, 4) is 0 Å². The number of guanidine groups is 1. The first-order valence-corrected chi connectivity index (χ1v) is 8.42. The zero-order valence-corrected chi connectivity index (χ0v) is 16.5. The van der Waals surface area contributed by atoms with Gasteiger partial charge in [0.25, 0.3) is 0 Å². The van der Waals surface area contributed by atoms with E-state index in [1.807, 2.05) is 16.9 Å². The van der Waals surface area contributed by atoms with Gasteiger partial charge < -0.3 is 10.2 Å². The van der Waals surface area contributed by atoms with E-state index in [2.05, 4.69) is 52.6 Å². The van der Waals surface area contributed by atoms with Crippen LogP contribution in [0.4, 0.5) is 0 Å². The molecule has 0 radical (unpaired) electrons. The van der Waals surface area contributed by atoms with E-state index < -0.39 is 0 Å². The average Bonchev–Trinajstić information content (AvgIpc) is 3.27. The van der Waals surface area contributed by atoms with Gasteiger partial charge >= 0.3 is 0 Å². The van der Waals surface area contributed by atoms with Crippen molar-refractivity contribution in [2.45, 2.75) is 25.8 Å². The molecule has 2 heterocycles. The fourth-order valence-electron chi connectivity index (χ4n) is 3.07. The molecule has 1 fully saturated rings. The summed E-state index contributed by atoms with van der Waals surface area (Å²) in [6.07, 6.45) is 4.97. The Hall–Kier alpha value is -1.57. The molecule has 0 aliphatic carbocycles. The highest BCUT2D eigenvalue weighted by atomic mass is 127. The topological polar surface area (TPSA) is 45.5 Å². The summed E-state index contributed by atoms with van der Waals surface area (Å²) in [5, 5.41) is 7.64. The maximum Gasteiger partial charge on any atom is 0.193 e. The summed E-state index contributed by atoms with van der Waals surface area (Å²) in [5.41, 5.74) is 1.43. The van der Waals surface area contributed by atoms with Crippen LogP contribution in [0.3, 0.4) is 0 Å². The first-order valence-electron chi connectivity index (χ1n) is 8.42. The van der Waals surface area contributed by atoms with E-state index in [4.69, 9.17) is 4.99 Å². The molecule has 0 amide bonds. The van der Waals surface area contributed by atoms with Crippen LogP contribution >= 0.6 is 24.0 Å². The minimum absolute atomic E-state index is 0. The maximum atomic E-state index is 4.77. The van der Waals surface area contributed by atoms with E-state index in [-0.39, 0.29) is 24.0 Å². The predicted octanol–water partition coefficient (Wildman–Crippen LogP) is 2.96. The van der Waals surface area contributed by atoms with Crippen molar-refractivity contribution in [2.75, 3.05) is 26.2 Å². The third-order valence-electron chi connectivity index (χ3n) is 4.24. The zero-order valence-electron chi connectivity index (χ0n) is 14.1. The highest BCUT2D eigenvalue weighted by Crippen LogP contribution is 2.26. The summed E-state index contributed by atoms with van der Waals surface area (Å²) >= 11 is 0. The van der Waals surface area contributed by atoms with Gasteiger partial charge in [0.1, 0.15) is 0 Å². The molecule has 24 heavy (non-hydrogen) atoms. The monoisotopic (exact) mass is 439 g/mol. The van der Waals surface area contributed by atoms with Gasteiger partial charge in [-0.25, -0.2) is 0 Å². The Morgan fingerprint density at radius 1 is 1.29 bits per heavy atom. The van der Waals surface area contributed by atoms with Crippen LogP contribution in [0.25, 0.3) is 0 Å². The molecule has 3 rings (SSSR count). The molecule has 1 N–H and O–H groups in total. The number of likely N-dealkylation sites (tertiary alicyclic amines) is 1. The lowest BCUT2D eigenvalue weighted by Crippen LogP contribution is -2.40. The number of aliphatic imine (C=N–C) groups is 1. The highest BCUT2D eigenvalue weighted by Gasteiger charge is 2.25. The Bertz CT molecular complexity index is 612. The third-order valence-corrected chi connectivity index (χ3v) is 4.24. The van der Waals surface area contributed by atoms with Gasteiger partial charge in [-0.15, -0.1) is 24.0 Å². The highest BCUT2D eigenvalue weighted by molar-refractivity contribution is 14.0. The molecular formula is C18H26IN5. The summed E-state index contributed by atoms with van der Waals surface area (Å²) in [5.74, 6) is 1.63. The molecule has 1 aromatic carbocycles. The molecule has 2 aromatic rings. The molecule has 0 spiro atoms. The lowest BCUT2D eigenvalue weighted by molar-refractivity contribution is 0.483. The summed E-state index contributed by atoms with van der Waals surface area (Å²) in [4.78, 5) is 7.15. The molecule has 0 bridgehead atoms. The van der Waals surface area contributed by atoms with Crippen molar-refractivity contribution in [2.24, 2.45) is 4.99 Å². The molecule has 1 aliphatic rings. The molecule has 6 heteroatoms. The first-order chi connectivity index (χ1) is 11.4. The minimum Gasteiger partial charge on any atom is -0.357 e. The summed E-state index contributed by atoms with van der Waals surface area (Å²) < 4.78 is 1.92. The zero-order chi connectivity index (χ0) is 15.9. The number of rotatable bonds is 5. The van der Waals surface area contributed by atoms with Crippen LogP contribution in [0, 0.1) is 0 Å². The maximum absolute atomic E-state index is 4.77. The van der Waals surface area contributed by atoms with E-state index in [9.17, 15) is 0 Å². The molecule has 130 valence electrons. The second kappa shape index (κ2) is 9.66. The van der Waals surface area contributed by atoms with Gasteiger partial charge in [-0.3, -0.25) is 9.67 Å². The Labute approximate surface area is 161 Å². The Balaban J connectivity index is 0.00000208. The molecule has 1 saturated heterocycles. The van der Waals surface area contributed by atoms with Crippen molar-refractivity contribution in [3.63, 3.8) is 0 Å². The van der Waals surface area contributed by atoms with Crippen LogP contribution in [0.5, 0.6) is 0 Å². The number of nitrogens with zero attached hydrogens (tertiary/aromatic N) is 4. The van der Waals surface area contributed by atoms with Gasteiger partial charge in [-0.2, -0.15) is 5.10 Å². The van der Waals surface area contributed by atoms with Gasteiger partial charge in [-0.05, 0) is 25.0 Å². The number of hydrogen-bond acceptors (Lipinski definition) is 2. The van der Waals surface area contributed by atoms with Crippen LogP contribution in [0.2, 0.25) is 0 Å². The number of benzene rings is 1. The second-order valence-corrected chi connectivity index (χ2v) is 5.85. The Kier molecular flexibility index (Phi) is 7.55. The minimum atomic E-state index is 0. The van der Waals surface area contributed by atoms with Crippen LogP contribution in [0.15, 0.2) is 53.8 Å². The molecule has 5 nitrogen and oxygen atoms in total. The molecule has 1 atom stereocenters. The van der Waals surface area contributed by atoms with E-state index in [0.717, 1.165) is 38.7 Å². The average molecular weight is 439 g/mol. The normalized spacial score (nSPS) is 17.6. The van der Waals surface area contributed by atoms with Crippen molar-refractivity contribution in [1.82, 2.24) is 20.0 Å². The number of nitrogens with one attached hydrogen (secondary N) is 1. The van der Waals surface area contributed by atoms with Gasteiger partial charge in [0.2, 0.25) is 0 Å². The molecule has 1 aliphatic heterocycles. The van der Waals surface area contributed by atoms with Crippen LogP contribution in [-0.2, 0) is 6.54 Å². The van der Waals surface area contributed by atoms with Crippen molar-refractivity contribution >= 4 is 29.9 Å². The fourth-order valence-corrected chi connectivity index (χ4v) is 3.07. The number of aromatic nitrogens is 2. The van der Waals surface area contributed by atoms with Crippen molar-refractivity contribution in [1.29, 1.82) is 0 Å². The first kappa shape index (κ1) is 18.8. The largest absolute Gasteiger partial charge is 0.357 e. The predicted molar refractivity (Wildman–Crippen MR) is 109 cm³/mol. The Morgan fingerprint density at radius 3 is 2.83 bits per heavy atom. The van der Waals surface area contributed by atoms with E-state index in [1.54, 1.807) is 6.20 Å². The van der Waals surface area contributed by atoms with Gasteiger partial charge in [0.15, 0.2) is 5.96 Å². The van der Waals surface area contributed by atoms with Gasteiger partial charge in [-0.1, -0.05) is 30.3 Å².